The molecule has 0 N–H and O–H groups in total. The molecule has 0 atom stereocenters. The molecule has 0 aliphatic rings. The zero-order chi connectivity index (χ0) is 35.9. The number of halogens is 3. The van der Waals surface area contributed by atoms with Gasteiger partial charge in [0, 0.05) is 17.1 Å². The monoisotopic (exact) mass is 691 g/mol. The van der Waals surface area contributed by atoms with Crippen LogP contribution in [0.1, 0.15) is 5.56 Å². The molecule has 4 heteroatoms. The van der Waals surface area contributed by atoms with E-state index in [0.29, 0.717) is 5.69 Å². The van der Waals surface area contributed by atoms with Gasteiger partial charge in [0.2, 0.25) is 0 Å². The summed E-state index contributed by atoms with van der Waals surface area (Å²) in [4.78, 5) is 1.96. The second kappa shape index (κ2) is 13.2. The summed E-state index contributed by atoms with van der Waals surface area (Å²) in [7, 11) is 0. The average molecular weight is 692 g/mol. The largest absolute Gasteiger partial charge is 0.416 e. The van der Waals surface area contributed by atoms with Crippen LogP contribution >= 0.6 is 0 Å². The summed E-state index contributed by atoms with van der Waals surface area (Å²) >= 11 is 0. The molecule has 0 fully saturated rings. The molecule has 0 saturated carbocycles. The van der Waals surface area contributed by atoms with Gasteiger partial charge in [-0.25, -0.2) is 0 Å². The van der Waals surface area contributed by atoms with E-state index < -0.39 is 11.7 Å². The maximum Gasteiger partial charge on any atom is 0.416 e. The highest BCUT2D eigenvalue weighted by molar-refractivity contribution is 6.23. The van der Waals surface area contributed by atoms with Crippen molar-refractivity contribution < 1.29 is 13.2 Å². The Morgan fingerprint density at radius 3 is 1.30 bits per heavy atom. The summed E-state index contributed by atoms with van der Waals surface area (Å²) in [5.41, 5.74) is 8.61. The summed E-state index contributed by atoms with van der Waals surface area (Å²) < 4.78 is 40.0. The van der Waals surface area contributed by atoms with Crippen molar-refractivity contribution in [2.45, 2.75) is 6.18 Å². The van der Waals surface area contributed by atoms with Crippen LogP contribution in [0.3, 0.4) is 0 Å². The van der Waals surface area contributed by atoms with E-state index >= 15 is 0 Å². The first-order valence-electron chi connectivity index (χ1n) is 17.6. The van der Waals surface area contributed by atoms with Gasteiger partial charge in [-0.05, 0) is 114 Å². The van der Waals surface area contributed by atoms with Crippen LogP contribution in [0.4, 0.5) is 30.2 Å². The molecular formula is C49H32F3N. The maximum absolute atomic E-state index is 13.3. The minimum Gasteiger partial charge on any atom is -0.311 e. The molecule has 0 heterocycles. The van der Waals surface area contributed by atoms with Crippen LogP contribution in [0.25, 0.3) is 65.7 Å². The predicted molar refractivity (Wildman–Crippen MR) is 215 cm³/mol. The molecular weight excluding hydrogens is 660 g/mol. The van der Waals surface area contributed by atoms with Crippen molar-refractivity contribution in [1.29, 1.82) is 0 Å². The Balaban J connectivity index is 1.10. The number of rotatable bonds is 6. The zero-order valence-corrected chi connectivity index (χ0v) is 28.6. The van der Waals surface area contributed by atoms with E-state index in [4.69, 9.17) is 0 Å². The molecule has 1 nitrogen and oxygen atoms in total. The Labute approximate surface area is 305 Å². The van der Waals surface area contributed by atoms with E-state index in [2.05, 4.69) is 127 Å². The van der Waals surface area contributed by atoms with Crippen LogP contribution in [0.2, 0.25) is 0 Å². The lowest BCUT2D eigenvalue weighted by molar-refractivity contribution is -0.137. The third kappa shape index (κ3) is 5.88. The van der Waals surface area contributed by atoms with Crippen LogP contribution in [0, 0.1) is 0 Å². The second-order valence-electron chi connectivity index (χ2n) is 13.2. The van der Waals surface area contributed by atoms with Crippen molar-refractivity contribution in [2.75, 3.05) is 4.90 Å². The number of hydrogen-bond acceptors (Lipinski definition) is 1. The fourth-order valence-corrected chi connectivity index (χ4v) is 7.63. The van der Waals surface area contributed by atoms with Crippen molar-refractivity contribution in [3.05, 3.63) is 200 Å². The maximum atomic E-state index is 13.3. The van der Waals surface area contributed by atoms with Gasteiger partial charge in [-0.3, -0.25) is 0 Å². The number of benzene rings is 9. The Morgan fingerprint density at radius 2 is 0.736 bits per heavy atom. The summed E-state index contributed by atoms with van der Waals surface area (Å²) in [5, 5.41) is 7.30. The van der Waals surface area contributed by atoms with Crippen molar-refractivity contribution in [3.8, 4) is 33.4 Å². The molecule has 53 heavy (non-hydrogen) atoms. The van der Waals surface area contributed by atoms with Crippen LogP contribution in [0.5, 0.6) is 0 Å². The van der Waals surface area contributed by atoms with Crippen molar-refractivity contribution in [2.24, 2.45) is 0 Å². The topological polar surface area (TPSA) is 3.24 Å². The van der Waals surface area contributed by atoms with Gasteiger partial charge >= 0.3 is 6.18 Å². The highest BCUT2D eigenvalue weighted by Gasteiger charge is 2.30. The number of alkyl halides is 3. The summed E-state index contributed by atoms with van der Waals surface area (Å²) in [6.45, 7) is 0. The van der Waals surface area contributed by atoms with E-state index in [1.165, 1.54) is 61.1 Å². The smallest absolute Gasteiger partial charge is 0.311 e. The van der Waals surface area contributed by atoms with Gasteiger partial charge in [0.1, 0.15) is 0 Å². The number of nitrogens with zero attached hydrogens (tertiary/aromatic N) is 1. The number of para-hydroxylation sites is 1. The Kier molecular flexibility index (Phi) is 8.01. The highest BCUT2D eigenvalue weighted by atomic mass is 19.4. The molecule has 0 saturated heterocycles. The molecule has 9 rings (SSSR count). The van der Waals surface area contributed by atoms with Gasteiger partial charge in [-0.15, -0.1) is 0 Å². The quantitative estimate of drug-likeness (QED) is 0.157. The van der Waals surface area contributed by atoms with Gasteiger partial charge in [0.15, 0.2) is 0 Å². The van der Waals surface area contributed by atoms with E-state index in [1.807, 2.05) is 47.4 Å². The van der Waals surface area contributed by atoms with Gasteiger partial charge in [-0.1, -0.05) is 146 Å². The lowest BCUT2D eigenvalue weighted by atomic mass is 9.84. The lowest BCUT2D eigenvalue weighted by Gasteiger charge is -2.26. The standard InChI is InChI=1S/C49H32F3N/c50-49(51,52)37-27-31-40(32-28-37)53(38-13-2-1-3-14-38)39-29-25-34(26-30-39)33-21-23-36(24-22-33)47-43-16-6-8-18-45(43)48(46-19-9-7-17-44(46)47)42-20-10-12-35-11-4-5-15-41(35)42/h1-32H. The first-order chi connectivity index (χ1) is 25.9. The van der Waals surface area contributed by atoms with Crippen LogP contribution < -0.4 is 4.90 Å². The van der Waals surface area contributed by atoms with Gasteiger partial charge in [0.05, 0.1) is 5.56 Å². The number of hydrogen-bond donors (Lipinski definition) is 0. The van der Waals surface area contributed by atoms with E-state index in [1.54, 1.807) is 0 Å². The molecule has 0 unspecified atom stereocenters. The summed E-state index contributed by atoms with van der Waals surface area (Å²) in [5.74, 6) is 0. The molecule has 254 valence electrons. The fourth-order valence-electron chi connectivity index (χ4n) is 7.63. The van der Waals surface area contributed by atoms with E-state index in [-0.39, 0.29) is 0 Å². The van der Waals surface area contributed by atoms with Crippen molar-refractivity contribution in [3.63, 3.8) is 0 Å². The zero-order valence-electron chi connectivity index (χ0n) is 28.6. The van der Waals surface area contributed by atoms with Crippen molar-refractivity contribution in [1.82, 2.24) is 0 Å². The molecule has 0 amide bonds. The van der Waals surface area contributed by atoms with Crippen molar-refractivity contribution >= 4 is 49.4 Å². The van der Waals surface area contributed by atoms with Crippen LogP contribution in [-0.4, -0.2) is 0 Å². The van der Waals surface area contributed by atoms with Crippen LogP contribution in [-0.2, 0) is 6.18 Å². The first kappa shape index (κ1) is 32.3. The summed E-state index contributed by atoms with van der Waals surface area (Å²) in [6.07, 6.45) is -4.39. The molecule has 0 aliphatic heterocycles. The minimum absolute atomic E-state index is 0.646. The highest BCUT2D eigenvalue weighted by Crippen LogP contribution is 2.45. The molecule has 0 spiro atoms. The van der Waals surface area contributed by atoms with Gasteiger partial charge in [-0.2, -0.15) is 13.2 Å². The molecule has 0 bridgehead atoms. The second-order valence-corrected chi connectivity index (χ2v) is 13.2. The molecule has 9 aromatic carbocycles. The Bertz CT molecular complexity index is 2670. The lowest BCUT2D eigenvalue weighted by Crippen LogP contribution is -2.11. The van der Waals surface area contributed by atoms with Gasteiger partial charge < -0.3 is 4.90 Å². The third-order valence-corrected chi connectivity index (χ3v) is 10.1. The van der Waals surface area contributed by atoms with Crippen LogP contribution in [0.15, 0.2) is 194 Å². The SMILES string of the molecule is FC(F)(F)c1ccc(N(c2ccccc2)c2ccc(-c3ccc(-c4c5ccccc5c(-c5cccc6ccccc56)c5ccccc45)cc3)cc2)cc1. The predicted octanol–water partition coefficient (Wildman–Crippen LogP) is 14.6. The van der Waals surface area contributed by atoms with Gasteiger partial charge in [0.25, 0.3) is 0 Å². The fraction of sp³-hybridized carbons (Fsp3) is 0.0204. The first-order valence-corrected chi connectivity index (χ1v) is 17.6. The molecule has 0 aromatic heterocycles. The van der Waals surface area contributed by atoms with E-state index in [0.717, 1.165) is 40.2 Å². The molecule has 0 aliphatic carbocycles. The minimum atomic E-state index is -4.39. The Hall–Kier alpha value is -6.65. The summed E-state index contributed by atoms with van der Waals surface area (Å²) in [6, 6.07) is 64.4. The third-order valence-electron chi connectivity index (χ3n) is 10.1. The number of anilines is 3. The average Bonchev–Trinajstić information content (AvgIpc) is 3.20. The number of fused-ring (bicyclic) bond motifs is 3. The molecule has 9 aromatic rings. The Morgan fingerprint density at radius 1 is 0.321 bits per heavy atom. The molecule has 0 radical (unpaired) electrons. The normalized spacial score (nSPS) is 11.7. The van der Waals surface area contributed by atoms with E-state index in [9.17, 15) is 13.2 Å².